The van der Waals surface area contributed by atoms with E-state index in [0.29, 0.717) is 10.5 Å². The highest BCUT2D eigenvalue weighted by Crippen LogP contribution is 2.37. The SMILES string of the molecule is O=C(O)c1ccc(/C=C2/SC(=S)N(c3ccc(C(=O)O)c(O)c3)C2=O)cc1. The van der Waals surface area contributed by atoms with Crippen LogP contribution in [-0.4, -0.2) is 37.5 Å². The fourth-order valence-electron chi connectivity index (χ4n) is 2.40. The van der Waals surface area contributed by atoms with Crippen LogP contribution in [0.1, 0.15) is 26.3 Å². The third-order valence-corrected chi connectivity index (χ3v) is 5.02. The summed E-state index contributed by atoms with van der Waals surface area (Å²) in [5.41, 5.74) is 0.737. The normalized spacial score (nSPS) is 15.4. The summed E-state index contributed by atoms with van der Waals surface area (Å²) in [7, 11) is 0. The first kappa shape index (κ1) is 18.6. The maximum atomic E-state index is 12.7. The van der Waals surface area contributed by atoms with E-state index >= 15 is 0 Å². The standard InChI is InChI=1S/C18H11NO6S2/c20-13-8-11(5-6-12(13)17(24)25)19-15(21)14(27-18(19)26)7-9-1-3-10(4-2-9)16(22)23/h1-8,20H,(H,22,23)(H,24,25)/b14-7+. The van der Waals surface area contributed by atoms with Crippen LogP contribution in [0.3, 0.4) is 0 Å². The molecule has 1 saturated heterocycles. The Labute approximate surface area is 162 Å². The number of carbonyl (C=O) groups excluding carboxylic acids is 1. The Morgan fingerprint density at radius 3 is 2.26 bits per heavy atom. The van der Waals surface area contributed by atoms with Crippen molar-refractivity contribution in [1.82, 2.24) is 0 Å². The molecule has 2 aromatic carbocycles. The lowest BCUT2D eigenvalue weighted by Gasteiger charge is -2.15. The van der Waals surface area contributed by atoms with Gasteiger partial charge in [0, 0.05) is 6.07 Å². The molecule has 1 fully saturated rings. The molecular formula is C18H11NO6S2. The van der Waals surface area contributed by atoms with Crippen LogP contribution in [0.4, 0.5) is 5.69 Å². The van der Waals surface area contributed by atoms with Gasteiger partial charge in [0.15, 0.2) is 4.32 Å². The number of amides is 1. The average molecular weight is 401 g/mol. The quantitative estimate of drug-likeness (QED) is 0.528. The lowest BCUT2D eigenvalue weighted by atomic mass is 10.1. The number of hydrogen-bond donors (Lipinski definition) is 3. The van der Waals surface area contributed by atoms with Crippen molar-refractivity contribution in [1.29, 1.82) is 0 Å². The van der Waals surface area contributed by atoms with Crippen LogP contribution in [0, 0.1) is 0 Å². The van der Waals surface area contributed by atoms with Gasteiger partial charge in [-0.05, 0) is 35.9 Å². The van der Waals surface area contributed by atoms with Crippen LogP contribution >= 0.6 is 24.0 Å². The fourth-order valence-corrected chi connectivity index (χ4v) is 3.70. The summed E-state index contributed by atoms with van der Waals surface area (Å²) in [5.74, 6) is -3.22. The minimum Gasteiger partial charge on any atom is -0.507 e. The Bertz CT molecular complexity index is 1010. The Morgan fingerprint density at radius 1 is 1.04 bits per heavy atom. The number of hydrogen-bond acceptors (Lipinski definition) is 6. The predicted molar refractivity (Wildman–Crippen MR) is 104 cm³/mol. The van der Waals surface area contributed by atoms with Crippen molar-refractivity contribution >= 4 is 57.9 Å². The van der Waals surface area contributed by atoms with Gasteiger partial charge in [-0.25, -0.2) is 9.59 Å². The summed E-state index contributed by atoms with van der Waals surface area (Å²) in [6.45, 7) is 0. The molecule has 0 unspecified atom stereocenters. The molecule has 136 valence electrons. The molecule has 0 aliphatic carbocycles. The number of aromatic carboxylic acids is 2. The number of benzene rings is 2. The number of aromatic hydroxyl groups is 1. The minimum atomic E-state index is -1.28. The average Bonchev–Trinajstić information content (AvgIpc) is 2.88. The van der Waals surface area contributed by atoms with Gasteiger partial charge in [0.1, 0.15) is 11.3 Å². The Morgan fingerprint density at radius 2 is 1.70 bits per heavy atom. The summed E-state index contributed by atoms with van der Waals surface area (Å²) >= 11 is 6.28. The molecule has 0 aromatic heterocycles. The van der Waals surface area contributed by atoms with Gasteiger partial charge in [-0.2, -0.15) is 0 Å². The molecule has 0 radical (unpaired) electrons. The van der Waals surface area contributed by atoms with E-state index < -0.39 is 23.6 Å². The number of rotatable bonds is 4. The van der Waals surface area contributed by atoms with Gasteiger partial charge in [0.2, 0.25) is 0 Å². The molecule has 1 amide bonds. The second-order valence-corrected chi connectivity index (χ2v) is 7.13. The summed E-state index contributed by atoms with van der Waals surface area (Å²) in [6, 6.07) is 9.75. The van der Waals surface area contributed by atoms with E-state index in [4.69, 9.17) is 22.4 Å². The first-order valence-corrected chi connectivity index (χ1v) is 8.68. The van der Waals surface area contributed by atoms with Crippen molar-refractivity contribution in [3.8, 4) is 5.75 Å². The molecule has 0 spiro atoms. The largest absolute Gasteiger partial charge is 0.507 e. The summed E-state index contributed by atoms with van der Waals surface area (Å²) in [6.07, 6.45) is 1.58. The van der Waals surface area contributed by atoms with Crippen LogP contribution in [0.25, 0.3) is 6.08 Å². The highest BCUT2D eigenvalue weighted by Gasteiger charge is 2.33. The molecule has 3 rings (SSSR count). The number of anilines is 1. The first-order valence-electron chi connectivity index (χ1n) is 7.45. The molecule has 1 heterocycles. The predicted octanol–water partition coefficient (Wildman–Crippen LogP) is 3.19. The Kier molecular flexibility index (Phi) is 4.98. The zero-order chi connectivity index (χ0) is 19.7. The second-order valence-electron chi connectivity index (χ2n) is 5.45. The molecule has 3 N–H and O–H groups in total. The van der Waals surface area contributed by atoms with Crippen molar-refractivity contribution in [2.75, 3.05) is 4.90 Å². The third kappa shape index (κ3) is 3.69. The number of thiocarbonyl (C=S) groups is 1. The van der Waals surface area contributed by atoms with Crippen molar-refractivity contribution < 1.29 is 29.7 Å². The molecule has 27 heavy (non-hydrogen) atoms. The maximum absolute atomic E-state index is 12.7. The number of thioether (sulfide) groups is 1. The van der Waals surface area contributed by atoms with E-state index in [0.717, 1.165) is 11.8 Å². The minimum absolute atomic E-state index is 0.133. The fraction of sp³-hybridized carbons (Fsp3) is 0. The van der Waals surface area contributed by atoms with Gasteiger partial charge in [0.25, 0.3) is 5.91 Å². The zero-order valence-corrected chi connectivity index (χ0v) is 15.1. The highest BCUT2D eigenvalue weighted by molar-refractivity contribution is 8.27. The molecule has 1 aliphatic rings. The van der Waals surface area contributed by atoms with Gasteiger partial charge in [0.05, 0.1) is 16.2 Å². The van der Waals surface area contributed by atoms with Crippen LogP contribution in [0.15, 0.2) is 47.4 Å². The lowest BCUT2D eigenvalue weighted by Crippen LogP contribution is -2.27. The molecule has 0 atom stereocenters. The number of phenols is 1. The number of carboxylic acids is 2. The van der Waals surface area contributed by atoms with E-state index in [1.54, 1.807) is 18.2 Å². The zero-order valence-electron chi connectivity index (χ0n) is 13.4. The molecule has 1 aliphatic heterocycles. The van der Waals surface area contributed by atoms with Crippen molar-refractivity contribution in [3.63, 3.8) is 0 Å². The third-order valence-electron chi connectivity index (χ3n) is 3.72. The van der Waals surface area contributed by atoms with E-state index in [1.165, 1.54) is 35.2 Å². The highest BCUT2D eigenvalue weighted by atomic mass is 32.2. The second kappa shape index (κ2) is 7.22. The monoisotopic (exact) mass is 401 g/mol. The van der Waals surface area contributed by atoms with Gasteiger partial charge in [-0.1, -0.05) is 36.1 Å². The van der Waals surface area contributed by atoms with Crippen molar-refractivity contribution in [2.45, 2.75) is 0 Å². The van der Waals surface area contributed by atoms with Gasteiger partial charge < -0.3 is 15.3 Å². The van der Waals surface area contributed by atoms with E-state index in [2.05, 4.69) is 0 Å². The van der Waals surface area contributed by atoms with Crippen molar-refractivity contribution in [2.24, 2.45) is 0 Å². The number of carbonyl (C=O) groups is 3. The van der Waals surface area contributed by atoms with Crippen LogP contribution in [0.5, 0.6) is 5.75 Å². The maximum Gasteiger partial charge on any atom is 0.339 e. The molecule has 9 heteroatoms. The Hall–Kier alpha value is -3.17. The molecule has 0 bridgehead atoms. The number of nitrogens with zero attached hydrogens (tertiary/aromatic N) is 1. The summed E-state index contributed by atoms with van der Waals surface area (Å²) < 4.78 is 0.232. The molecule has 7 nitrogen and oxygen atoms in total. The molecule has 0 saturated carbocycles. The Balaban J connectivity index is 1.90. The molecule has 2 aromatic rings. The summed E-state index contributed by atoms with van der Waals surface area (Å²) in [5, 5.41) is 27.7. The lowest BCUT2D eigenvalue weighted by molar-refractivity contribution is -0.113. The van der Waals surface area contributed by atoms with E-state index in [-0.39, 0.29) is 21.1 Å². The first-order chi connectivity index (χ1) is 12.8. The van der Waals surface area contributed by atoms with Crippen LogP contribution in [0.2, 0.25) is 0 Å². The van der Waals surface area contributed by atoms with Gasteiger partial charge >= 0.3 is 11.9 Å². The van der Waals surface area contributed by atoms with Crippen LogP contribution < -0.4 is 4.90 Å². The van der Waals surface area contributed by atoms with E-state index in [1.807, 2.05) is 0 Å². The van der Waals surface area contributed by atoms with Gasteiger partial charge in [-0.3, -0.25) is 9.69 Å². The molecular weight excluding hydrogens is 390 g/mol. The van der Waals surface area contributed by atoms with E-state index in [9.17, 15) is 19.5 Å². The summed E-state index contributed by atoms with van der Waals surface area (Å²) in [4.78, 5) is 36.1. The topological polar surface area (TPSA) is 115 Å². The van der Waals surface area contributed by atoms with Crippen molar-refractivity contribution in [3.05, 3.63) is 64.1 Å². The van der Waals surface area contributed by atoms with Crippen LogP contribution in [-0.2, 0) is 4.79 Å². The number of carboxylic acid groups (broad SMARTS) is 2. The smallest absolute Gasteiger partial charge is 0.339 e. The van der Waals surface area contributed by atoms with Gasteiger partial charge in [-0.15, -0.1) is 0 Å².